The first-order chi connectivity index (χ1) is 7.16. The Morgan fingerprint density at radius 2 is 2.47 bits per heavy atom. The first-order valence-electron chi connectivity index (χ1n) is 5.14. The Labute approximate surface area is 89.1 Å². The summed E-state index contributed by atoms with van der Waals surface area (Å²) >= 11 is 0. The van der Waals surface area contributed by atoms with Crippen LogP contribution in [0.1, 0.15) is 22.5 Å². The van der Waals surface area contributed by atoms with Crippen molar-refractivity contribution in [3.05, 3.63) is 29.6 Å². The Morgan fingerprint density at radius 1 is 1.67 bits per heavy atom. The molecule has 0 aliphatic carbocycles. The molecule has 1 aromatic heterocycles. The lowest BCUT2D eigenvalue weighted by molar-refractivity contribution is 0.0790. The number of aryl methyl sites for hydroxylation is 1. The highest BCUT2D eigenvalue weighted by molar-refractivity contribution is 5.94. The van der Waals surface area contributed by atoms with E-state index in [4.69, 9.17) is 5.73 Å². The number of hydrogen-bond acceptors (Lipinski definition) is 3. The summed E-state index contributed by atoms with van der Waals surface area (Å²) in [4.78, 5) is 17.9. The molecule has 1 aliphatic rings. The van der Waals surface area contributed by atoms with E-state index in [0.717, 1.165) is 18.7 Å². The van der Waals surface area contributed by atoms with Crippen LogP contribution in [0.3, 0.4) is 0 Å². The minimum atomic E-state index is 0.0634. The number of rotatable bonds is 1. The topological polar surface area (TPSA) is 59.2 Å². The fourth-order valence-electron chi connectivity index (χ4n) is 1.83. The van der Waals surface area contributed by atoms with E-state index in [-0.39, 0.29) is 11.9 Å². The molecule has 0 bridgehead atoms. The van der Waals surface area contributed by atoms with Crippen molar-refractivity contribution in [2.75, 3.05) is 13.1 Å². The molecule has 1 saturated heterocycles. The van der Waals surface area contributed by atoms with Crippen molar-refractivity contribution in [2.24, 2.45) is 5.73 Å². The molecule has 0 spiro atoms. The second-order valence-electron chi connectivity index (χ2n) is 3.99. The second kappa shape index (κ2) is 3.98. The largest absolute Gasteiger partial charge is 0.337 e. The molecular formula is C11H15N3O. The molecule has 0 unspecified atom stereocenters. The van der Waals surface area contributed by atoms with Gasteiger partial charge < -0.3 is 10.6 Å². The third-order valence-electron chi connectivity index (χ3n) is 2.66. The Balaban J connectivity index is 2.14. The summed E-state index contributed by atoms with van der Waals surface area (Å²) < 4.78 is 0. The van der Waals surface area contributed by atoms with Gasteiger partial charge in [-0.15, -0.1) is 0 Å². The van der Waals surface area contributed by atoms with Gasteiger partial charge in [-0.2, -0.15) is 0 Å². The maximum absolute atomic E-state index is 12.0. The van der Waals surface area contributed by atoms with Crippen molar-refractivity contribution in [1.82, 2.24) is 9.88 Å². The van der Waals surface area contributed by atoms with Crippen molar-refractivity contribution in [1.29, 1.82) is 0 Å². The molecule has 4 heteroatoms. The smallest absolute Gasteiger partial charge is 0.254 e. The van der Waals surface area contributed by atoms with E-state index < -0.39 is 0 Å². The van der Waals surface area contributed by atoms with E-state index in [1.54, 1.807) is 17.2 Å². The molecule has 0 radical (unpaired) electrons. The quantitative estimate of drug-likeness (QED) is 0.729. The Morgan fingerprint density at radius 3 is 3.07 bits per heavy atom. The van der Waals surface area contributed by atoms with Gasteiger partial charge in [-0.05, 0) is 25.5 Å². The van der Waals surface area contributed by atoms with Crippen molar-refractivity contribution >= 4 is 5.91 Å². The number of nitrogens with two attached hydrogens (primary N) is 1. The normalized spacial score (nSPS) is 20.7. The highest BCUT2D eigenvalue weighted by atomic mass is 16.2. The number of hydrogen-bond donors (Lipinski definition) is 1. The van der Waals surface area contributed by atoms with Gasteiger partial charge in [-0.1, -0.05) is 0 Å². The van der Waals surface area contributed by atoms with Gasteiger partial charge >= 0.3 is 0 Å². The number of aromatic nitrogens is 1. The van der Waals surface area contributed by atoms with Gasteiger partial charge in [0.15, 0.2) is 0 Å². The second-order valence-corrected chi connectivity index (χ2v) is 3.99. The Bertz CT molecular complexity index is 378. The highest BCUT2D eigenvalue weighted by Gasteiger charge is 2.24. The lowest BCUT2D eigenvalue weighted by Crippen LogP contribution is -2.31. The Hall–Kier alpha value is -1.42. The molecule has 1 fully saturated rings. The summed E-state index contributed by atoms with van der Waals surface area (Å²) in [6.07, 6.45) is 2.56. The number of nitrogens with zero attached hydrogens (tertiary/aromatic N) is 2. The molecule has 1 aliphatic heterocycles. The standard InChI is InChI=1S/C11H15N3O/c1-8-6-9(2-4-13-8)11(15)14-5-3-10(12)7-14/h2,4,6,10H,3,5,7,12H2,1H3/t10-/m0/s1. The van der Waals surface area contributed by atoms with Gasteiger partial charge in [0.05, 0.1) is 0 Å². The number of likely N-dealkylation sites (tertiary alicyclic amines) is 1. The summed E-state index contributed by atoms with van der Waals surface area (Å²) in [6.45, 7) is 3.31. The average molecular weight is 205 g/mol. The SMILES string of the molecule is Cc1cc(C(=O)N2CC[C@H](N)C2)ccn1. The lowest BCUT2D eigenvalue weighted by Gasteiger charge is -2.15. The lowest BCUT2D eigenvalue weighted by atomic mass is 10.2. The van der Waals surface area contributed by atoms with Crippen LogP contribution in [-0.4, -0.2) is 34.9 Å². The molecule has 0 saturated carbocycles. The summed E-state index contributed by atoms with van der Waals surface area (Å²) in [5.41, 5.74) is 7.33. The van der Waals surface area contributed by atoms with E-state index >= 15 is 0 Å². The van der Waals surface area contributed by atoms with Crippen LogP contribution in [-0.2, 0) is 0 Å². The maximum Gasteiger partial charge on any atom is 0.254 e. The molecule has 2 heterocycles. The van der Waals surface area contributed by atoms with Crippen molar-refractivity contribution < 1.29 is 4.79 Å². The van der Waals surface area contributed by atoms with Crippen molar-refractivity contribution in [3.63, 3.8) is 0 Å². The zero-order valence-corrected chi connectivity index (χ0v) is 8.81. The predicted octanol–water partition coefficient (Wildman–Crippen LogP) is 0.563. The van der Waals surface area contributed by atoms with Crippen molar-refractivity contribution in [3.8, 4) is 0 Å². The highest BCUT2D eigenvalue weighted by Crippen LogP contribution is 2.12. The minimum Gasteiger partial charge on any atom is -0.337 e. The molecule has 0 aromatic carbocycles. The van der Waals surface area contributed by atoms with Gasteiger partial charge in [0.1, 0.15) is 0 Å². The summed E-state index contributed by atoms with van der Waals surface area (Å²) in [6, 6.07) is 3.70. The zero-order valence-electron chi connectivity index (χ0n) is 8.81. The molecular weight excluding hydrogens is 190 g/mol. The van der Waals surface area contributed by atoms with Crippen LogP contribution in [0.4, 0.5) is 0 Å². The van der Waals surface area contributed by atoms with Gasteiger partial charge in [0.2, 0.25) is 0 Å². The number of carbonyl (C=O) groups excluding carboxylic acids is 1. The summed E-state index contributed by atoms with van der Waals surface area (Å²) in [5.74, 6) is 0.0634. The maximum atomic E-state index is 12.0. The van der Waals surface area contributed by atoms with E-state index in [2.05, 4.69) is 4.98 Å². The fraction of sp³-hybridized carbons (Fsp3) is 0.455. The van der Waals surface area contributed by atoms with Gasteiger partial charge in [0.25, 0.3) is 5.91 Å². The van der Waals surface area contributed by atoms with Crippen LogP contribution in [0, 0.1) is 6.92 Å². The van der Waals surface area contributed by atoms with E-state index in [1.807, 2.05) is 13.0 Å². The molecule has 80 valence electrons. The van der Waals surface area contributed by atoms with Crippen LogP contribution in [0.2, 0.25) is 0 Å². The zero-order chi connectivity index (χ0) is 10.8. The third kappa shape index (κ3) is 2.15. The van der Waals surface area contributed by atoms with E-state index in [0.29, 0.717) is 12.1 Å². The molecule has 1 amide bonds. The third-order valence-corrected chi connectivity index (χ3v) is 2.66. The molecule has 1 atom stereocenters. The van der Waals surface area contributed by atoms with Gasteiger partial charge in [0, 0.05) is 36.6 Å². The number of amides is 1. The van der Waals surface area contributed by atoms with E-state index in [9.17, 15) is 4.79 Å². The van der Waals surface area contributed by atoms with Crippen LogP contribution >= 0.6 is 0 Å². The van der Waals surface area contributed by atoms with Crippen molar-refractivity contribution in [2.45, 2.75) is 19.4 Å². The first-order valence-corrected chi connectivity index (χ1v) is 5.14. The molecule has 2 rings (SSSR count). The monoisotopic (exact) mass is 205 g/mol. The molecule has 2 N–H and O–H groups in total. The first kappa shape index (κ1) is 10.1. The van der Waals surface area contributed by atoms with Crippen LogP contribution in [0.5, 0.6) is 0 Å². The molecule has 4 nitrogen and oxygen atoms in total. The number of carbonyl (C=O) groups is 1. The molecule has 15 heavy (non-hydrogen) atoms. The summed E-state index contributed by atoms with van der Waals surface area (Å²) in [5, 5.41) is 0. The van der Waals surface area contributed by atoms with Crippen LogP contribution < -0.4 is 5.73 Å². The van der Waals surface area contributed by atoms with Gasteiger partial charge in [-0.3, -0.25) is 9.78 Å². The number of pyridine rings is 1. The Kier molecular flexibility index (Phi) is 2.68. The average Bonchev–Trinajstić information content (AvgIpc) is 2.64. The van der Waals surface area contributed by atoms with Crippen LogP contribution in [0.25, 0.3) is 0 Å². The minimum absolute atomic E-state index is 0.0634. The summed E-state index contributed by atoms with van der Waals surface area (Å²) in [7, 11) is 0. The predicted molar refractivity (Wildman–Crippen MR) is 57.5 cm³/mol. The van der Waals surface area contributed by atoms with Crippen LogP contribution in [0.15, 0.2) is 18.3 Å². The van der Waals surface area contributed by atoms with E-state index in [1.165, 1.54) is 0 Å². The fourth-order valence-corrected chi connectivity index (χ4v) is 1.83. The van der Waals surface area contributed by atoms with Gasteiger partial charge in [-0.25, -0.2) is 0 Å². The molecule has 1 aromatic rings.